The highest BCUT2D eigenvalue weighted by molar-refractivity contribution is 5.84. The van der Waals surface area contributed by atoms with Crippen LogP contribution in [0.3, 0.4) is 0 Å². The molecule has 4 heterocycles. The molecule has 11 heteroatoms. The Balaban J connectivity index is 0.000000301. The molecule has 3 aromatic rings. The Morgan fingerprint density at radius 1 is 1.22 bits per heavy atom. The highest BCUT2D eigenvalue weighted by Crippen LogP contribution is 2.20. The number of carbonyl (C=O) groups excluding carboxylic acids is 1. The van der Waals surface area contributed by atoms with Gasteiger partial charge in [0, 0.05) is 63.4 Å². The average Bonchev–Trinajstić information content (AvgIpc) is 3.60. The Morgan fingerprint density at radius 2 is 2.08 bits per heavy atom. The van der Waals surface area contributed by atoms with Gasteiger partial charge >= 0.3 is 0 Å². The number of morpholine rings is 1. The lowest BCUT2D eigenvalue weighted by Gasteiger charge is -2.29. The number of anilines is 4. The Morgan fingerprint density at radius 3 is 2.78 bits per heavy atom. The van der Waals surface area contributed by atoms with Crippen molar-refractivity contribution >= 4 is 35.3 Å². The Bertz CT molecular complexity index is 1150. The van der Waals surface area contributed by atoms with E-state index in [0.29, 0.717) is 29.8 Å². The highest BCUT2D eigenvalue weighted by atomic mass is 16.5. The molecule has 0 unspecified atom stereocenters. The van der Waals surface area contributed by atoms with Gasteiger partial charge in [-0.2, -0.15) is 10.1 Å². The van der Waals surface area contributed by atoms with Gasteiger partial charge in [0.05, 0.1) is 30.7 Å². The minimum absolute atomic E-state index is 0.344. The van der Waals surface area contributed by atoms with E-state index < -0.39 is 0 Å². The molecule has 196 valence electrons. The van der Waals surface area contributed by atoms with E-state index in [-0.39, 0.29) is 0 Å². The van der Waals surface area contributed by atoms with Crippen LogP contribution in [0, 0.1) is 5.41 Å². The first-order valence-electron chi connectivity index (χ1n) is 12.7. The minimum Gasteiger partial charge on any atom is -0.378 e. The number of rotatable bonds is 9. The Labute approximate surface area is 217 Å². The van der Waals surface area contributed by atoms with E-state index in [4.69, 9.17) is 10.1 Å². The second-order valence-corrected chi connectivity index (χ2v) is 8.86. The molecule has 2 fully saturated rings. The summed E-state index contributed by atoms with van der Waals surface area (Å²) < 4.78 is 5.43. The summed E-state index contributed by atoms with van der Waals surface area (Å²) in [5, 5.41) is 20.6. The zero-order valence-electron chi connectivity index (χ0n) is 21.2. The second kappa shape index (κ2) is 13.4. The molecule has 0 aliphatic carbocycles. The summed E-state index contributed by atoms with van der Waals surface area (Å²) in [6.45, 7) is 7.99. The Kier molecular flexibility index (Phi) is 9.41. The van der Waals surface area contributed by atoms with Gasteiger partial charge in [-0.15, -0.1) is 0 Å². The molecule has 11 nitrogen and oxygen atoms in total. The van der Waals surface area contributed by atoms with Crippen LogP contribution in [0.1, 0.15) is 37.3 Å². The molecular weight excluding hydrogens is 470 g/mol. The summed E-state index contributed by atoms with van der Waals surface area (Å²) >= 11 is 0. The monoisotopic (exact) mass is 505 g/mol. The number of amides is 1. The first-order chi connectivity index (χ1) is 18.2. The van der Waals surface area contributed by atoms with Crippen LogP contribution >= 0.6 is 0 Å². The average molecular weight is 506 g/mol. The third-order valence-corrected chi connectivity index (χ3v) is 6.14. The van der Waals surface area contributed by atoms with Crippen molar-refractivity contribution in [1.82, 2.24) is 25.1 Å². The first-order valence-corrected chi connectivity index (χ1v) is 12.7. The van der Waals surface area contributed by atoms with E-state index in [2.05, 4.69) is 66.9 Å². The molecular formula is C26H35N9O2. The SMILES string of the molecule is CCCN1CCCC1=O.N=Cc1cnc(Nc2cn[nH]c2)nc1NCc1cccc(N2CCOCC2)c1. The van der Waals surface area contributed by atoms with Gasteiger partial charge in [-0.1, -0.05) is 19.1 Å². The lowest BCUT2D eigenvalue weighted by Crippen LogP contribution is -2.36. The van der Waals surface area contributed by atoms with Crippen LogP contribution in [0.25, 0.3) is 0 Å². The molecule has 0 atom stereocenters. The lowest BCUT2D eigenvalue weighted by atomic mass is 10.1. The van der Waals surface area contributed by atoms with Crippen molar-refractivity contribution in [3.63, 3.8) is 0 Å². The fourth-order valence-electron chi connectivity index (χ4n) is 4.23. The number of likely N-dealkylation sites (tertiary alicyclic amines) is 1. The molecule has 0 saturated carbocycles. The second-order valence-electron chi connectivity index (χ2n) is 8.86. The molecule has 0 spiro atoms. The van der Waals surface area contributed by atoms with E-state index in [1.807, 2.05) is 4.90 Å². The van der Waals surface area contributed by atoms with Crippen molar-refractivity contribution in [1.29, 1.82) is 5.41 Å². The molecule has 4 N–H and O–H groups in total. The molecule has 37 heavy (non-hydrogen) atoms. The smallest absolute Gasteiger partial charge is 0.229 e. The van der Waals surface area contributed by atoms with E-state index in [9.17, 15) is 4.79 Å². The van der Waals surface area contributed by atoms with Gasteiger partial charge in [0.25, 0.3) is 0 Å². The summed E-state index contributed by atoms with van der Waals surface area (Å²) in [5.74, 6) is 1.39. The number of nitrogens with zero attached hydrogens (tertiary/aromatic N) is 5. The van der Waals surface area contributed by atoms with E-state index in [1.54, 1.807) is 18.6 Å². The number of aromatic nitrogens is 4. The molecule has 5 rings (SSSR count). The van der Waals surface area contributed by atoms with Crippen LogP contribution in [0.15, 0.2) is 42.9 Å². The van der Waals surface area contributed by atoms with Gasteiger partial charge in [-0.05, 0) is 30.5 Å². The van der Waals surface area contributed by atoms with Crippen LogP contribution in [0.5, 0.6) is 0 Å². The first kappa shape index (κ1) is 26.1. The predicted octanol–water partition coefficient (Wildman–Crippen LogP) is 3.41. The maximum absolute atomic E-state index is 10.9. The van der Waals surface area contributed by atoms with Crippen LogP contribution in [-0.2, 0) is 16.1 Å². The largest absolute Gasteiger partial charge is 0.378 e. The van der Waals surface area contributed by atoms with Crippen molar-refractivity contribution in [3.8, 4) is 0 Å². The van der Waals surface area contributed by atoms with Crippen molar-refractivity contribution in [2.45, 2.75) is 32.7 Å². The standard InChI is InChI=1S/C19H22N8O.C7H13NO/c20-9-15-11-22-19(25-16-12-23-24-13-16)26-18(15)21-10-14-2-1-3-17(8-14)27-4-6-28-7-5-27;1-2-5-8-6-3-4-7(8)9/h1-3,8-9,11-13,20H,4-7,10H2,(H,23,24)(H2,21,22,25,26);2-6H2,1H3. The summed E-state index contributed by atoms with van der Waals surface area (Å²) in [6.07, 6.45) is 9.17. The predicted molar refractivity (Wildman–Crippen MR) is 145 cm³/mol. The number of aromatic amines is 1. The van der Waals surface area contributed by atoms with Crippen LogP contribution in [0.2, 0.25) is 0 Å². The number of hydrogen-bond donors (Lipinski definition) is 4. The molecule has 1 aromatic carbocycles. The maximum Gasteiger partial charge on any atom is 0.229 e. The van der Waals surface area contributed by atoms with Gasteiger partial charge in [-0.3, -0.25) is 9.89 Å². The zero-order chi connectivity index (χ0) is 25.9. The van der Waals surface area contributed by atoms with Gasteiger partial charge in [0.1, 0.15) is 5.82 Å². The van der Waals surface area contributed by atoms with Gasteiger partial charge < -0.3 is 30.6 Å². The molecule has 0 bridgehead atoms. The van der Waals surface area contributed by atoms with Crippen LogP contribution < -0.4 is 15.5 Å². The summed E-state index contributed by atoms with van der Waals surface area (Å²) in [6, 6.07) is 8.43. The quantitative estimate of drug-likeness (QED) is 0.325. The molecule has 1 amide bonds. The van der Waals surface area contributed by atoms with Crippen molar-refractivity contribution < 1.29 is 9.53 Å². The summed E-state index contributed by atoms with van der Waals surface area (Å²) in [7, 11) is 0. The number of hydrogen-bond acceptors (Lipinski definition) is 9. The lowest BCUT2D eigenvalue weighted by molar-refractivity contribution is -0.127. The fraction of sp³-hybridized carbons (Fsp3) is 0.423. The third-order valence-electron chi connectivity index (χ3n) is 6.14. The summed E-state index contributed by atoms with van der Waals surface area (Å²) in [4.78, 5) is 23.9. The molecule has 0 radical (unpaired) electrons. The highest BCUT2D eigenvalue weighted by Gasteiger charge is 2.18. The van der Waals surface area contributed by atoms with E-state index in [1.165, 1.54) is 11.9 Å². The molecule has 2 aliphatic rings. The van der Waals surface area contributed by atoms with Crippen LogP contribution in [0.4, 0.5) is 23.1 Å². The fourth-order valence-corrected chi connectivity index (χ4v) is 4.23. The minimum atomic E-state index is 0.344. The van der Waals surface area contributed by atoms with E-state index >= 15 is 0 Å². The van der Waals surface area contributed by atoms with Crippen molar-refractivity contribution in [2.75, 3.05) is 54.9 Å². The maximum atomic E-state index is 10.9. The van der Waals surface area contributed by atoms with Gasteiger partial charge in [0.2, 0.25) is 11.9 Å². The zero-order valence-corrected chi connectivity index (χ0v) is 21.2. The molecule has 2 aromatic heterocycles. The number of nitrogens with one attached hydrogen (secondary N) is 4. The Hall–Kier alpha value is -3.99. The van der Waals surface area contributed by atoms with Crippen molar-refractivity contribution in [2.24, 2.45) is 0 Å². The number of carbonyl (C=O) groups is 1. The molecule has 2 saturated heterocycles. The number of benzene rings is 1. The third kappa shape index (κ3) is 7.50. The van der Waals surface area contributed by atoms with Gasteiger partial charge in [0.15, 0.2) is 0 Å². The normalized spacial score (nSPS) is 15.2. The van der Waals surface area contributed by atoms with Crippen LogP contribution in [-0.4, -0.2) is 76.6 Å². The number of H-pyrrole nitrogens is 1. The van der Waals surface area contributed by atoms with E-state index in [0.717, 1.165) is 69.9 Å². The van der Waals surface area contributed by atoms with Gasteiger partial charge in [-0.25, -0.2) is 4.98 Å². The summed E-state index contributed by atoms with van der Waals surface area (Å²) in [5.41, 5.74) is 3.73. The number of ether oxygens (including phenoxy) is 1. The topological polar surface area (TPSA) is 135 Å². The van der Waals surface area contributed by atoms with Crippen molar-refractivity contribution in [3.05, 3.63) is 54.0 Å². The molecule has 2 aliphatic heterocycles.